The van der Waals surface area contributed by atoms with Gasteiger partial charge >= 0.3 is 0 Å². The average Bonchev–Trinajstić information content (AvgIpc) is 2.75. The summed E-state index contributed by atoms with van der Waals surface area (Å²) >= 11 is 0. The second kappa shape index (κ2) is 7.31. The molecule has 112 valence electrons. The minimum atomic E-state index is -0.133. The standard InChI is InChI=1S/C15H26N4O/c1-2-8-12-13(16)14(19-18-12)15(20)17-11-9-6-4-3-5-7-10-11/h11H,2-10,16H2,1H3,(H,17,20)(H,18,19). The Bertz CT molecular complexity index is 433. The zero-order valence-corrected chi connectivity index (χ0v) is 12.4. The van der Waals surface area contributed by atoms with E-state index in [1.165, 1.54) is 32.1 Å². The number of rotatable bonds is 4. The predicted octanol–water partition coefficient (Wildman–Crippen LogP) is 2.79. The first-order valence-corrected chi connectivity index (χ1v) is 7.86. The van der Waals surface area contributed by atoms with E-state index >= 15 is 0 Å². The second-order valence-corrected chi connectivity index (χ2v) is 5.73. The van der Waals surface area contributed by atoms with Gasteiger partial charge in [-0.05, 0) is 19.3 Å². The molecule has 1 saturated carbocycles. The molecule has 0 radical (unpaired) electrons. The lowest BCUT2D eigenvalue weighted by Gasteiger charge is -2.20. The third kappa shape index (κ3) is 3.74. The van der Waals surface area contributed by atoms with Crippen LogP contribution >= 0.6 is 0 Å². The lowest BCUT2D eigenvalue weighted by atomic mass is 9.96. The van der Waals surface area contributed by atoms with Crippen molar-refractivity contribution in [2.45, 2.75) is 70.8 Å². The first-order chi connectivity index (χ1) is 9.72. The van der Waals surface area contributed by atoms with E-state index < -0.39 is 0 Å². The Hall–Kier alpha value is -1.52. The number of aromatic nitrogens is 2. The molecular weight excluding hydrogens is 252 g/mol. The number of nitrogens with zero attached hydrogens (tertiary/aromatic N) is 1. The number of nitrogen functional groups attached to an aromatic ring is 1. The maximum atomic E-state index is 12.3. The van der Waals surface area contributed by atoms with Crippen LogP contribution in [-0.2, 0) is 6.42 Å². The summed E-state index contributed by atoms with van der Waals surface area (Å²) in [7, 11) is 0. The fourth-order valence-electron chi connectivity index (χ4n) is 2.85. The molecule has 20 heavy (non-hydrogen) atoms. The van der Waals surface area contributed by atoms with Gasteiger partial charge in [-0.3, -0.25) is 9.89 Å². The van der Waals surface area contributed by atoms with Crippen molar-refractivity contribution < 1.29 is 4.79 Å². The Morgan fingerprint density at radius 2 is 1.95 bits per heavy atom. The van der Waals surface area contributed by atoms with Gasteiger partial charge in [0.1, 0.15) is 0 Å². The highest BCUT2D eigenvalue weighted by Gasteiger charge is 2.20. The predicted molar refractivity (Wildman–Crippen MR) is 80.6 cm³/mol. The topological polar surface area (TPSA) is 83.8 Å². The highest BCUT2D eigenvalue weighted by Crippen LogP contribution is 2.19. The Morgan fingerprint density at radius 1 is 1.30 bits per heavy atom. The van der Waals surface area contributed by atoms with Gasteiger partial charge < -0.3 is 11.1 Å². The number of nitrogens with two attached hydrogens (primary N) is 1. The van der Waals surface area contributed by atoms with Crippen LogP contribution in [0.4, 0.5) is 5.69 Å². The van der Waals surface area contributed by atoms with Crippen molar-refractivity contribution in [2.24, 2.45) is 0 Å². The van der Waals surface area contributed by atoms with Gasteiger partial charge in [0.2, 0.25) is 0 Å². The van der Waals surface area contributed by atoms with Crippen molar-refractivity contribution in [3.05, 3.63) is 11.4 Å². The minimum Gasteiger partial charge on any atom is -0.395 e. The first kappa shape index (κ1) is 14.9. The summed E-state index contributed by atoms with van der Waals surface area (Å²) in [4.78, 5) is 12.3. The van der Waals surface area contributed by atoms with E-state index in [0.29, 0.717) is 11.4 Å². The van der Waals surface area contributed by atoms with Crippen molar-refractivity contribution in [1.82, 2.24) is 15.5 Å². The second-order valence-electron chi connectivity index (χ2n) is 5.73. The molecule has 0 spiro atoms. The monoisotopic (exact) mass is 278 g/mol. The number of carbonyl (C=O) groups excluding carboxylic acids is 1. The summed E-state index contributed by atoms with van der Waals surface area (Å²) < 4.78 is 0. The van der Waals surface area contributed by atoms with Gasteiger partial charge in [-0.15, -0.1) is 0 Å². The zero-order chi connectivity index (χ0) is 14.4. The summed E-state index contributed by atoms with van der Waals surface area (Å²) in [5, 5.41) is 10.1. The largest absolute Gasteiger partial charge is 0.395 e. The Morgan fingerprint density at radius 3 is 2.60 bits per heavy atom. The summed E-state index contributed by atoms with van der Waals surface area (Å²) in [6, 6.07) is 0.272. The van der Waals surface area contributed by atoms with E-state index in [-0.39, 0.29) is 11.9 Å². The number of hydrogen-bond acceptors (Lipinski definition) is 3. The van der Waals surface area contributed by atoms with Crippen LogP contribution in [0, 0.1) is 0 Å². The first-order valence-electron chi connectivity index (χ1n) is 7.86. The number of aromatic amines is 1. The Kier molecular flexibility index (Phi) is 5.44. The molecule has 5 nitrogen and oxygen atoms in total. The number of carbonyl (C=O) groups is 1. The van der Waals surface area contributed by atoms with Gasteiger partial charge in [0.05, 0.1) is 11.4 Å². The molecule has 1 heterocycles. The molecule has 4 N–H and O–H groups in total. The zero-order valence-electron chi connectivity index (χ0n) is 12.4. The van der Waals surface area contributed by atoms with Crippen molar-refractivity contribution in [3.63, 3.8) is 0 Å². The number of H-pyrrole nitrogens is 1. The lowest BCUT2D eigenvalue weighted by Crippen LogP contribution is -2.35. The molecule has 1 aromatic heterocycles. The molecule has 1 aliphatic rings. The van der Waals surface area contributed by atoms with Crippen molar-refractivity contribution >= 4 is 11.6 Å². The summed E-state index contributed by atoms with van der Waals surface area (Å²) in [6.07, 6.45) is 10.2. The van der Waals surface area contributed by atoms with E-state index in [4.69, 9.17) is 5.73 Å². The lowest BCUT2D eigenvalue weighted by molar-refractivity contribution is 0.0926. The number of amides is 1. The van der Waals surface area contributed by atoms with Crippen molar-refractivity contribution in [2.75, 3.05) is 5.73 Å². The van der Waals surface area contributed by atoms with Crippen LogP contribution in [0.25, 0.3) is 0 Å². The van der Waals surface area contributed by atoms with Crippen molar-refractivity contribution in [3.8, 4) is 0 Å². The van der Waals surface area contributed by atoms with E-state index in [1.807, 2.05) is 0 Å². The maximum absolute atomic E-state index is 12.3. The fourth-order valence-corrected chi connectivity index (χ4v) is 2.85. The number of nitrogens with one attached hydrogen (secondary N) is 2. The van der Waals surface area contributed by atoms with Gasteiger partial charge in [0.15, 0.2) is 5.69 Å². The van der Waals surface area contributed by atoms with Gasteiger partial charge in [0.25, 0.3) is 5.91 Å². The molecule has 0 saturated heterocycles. The SMILES string of the molecule is CCCc1[nH]nc(C(=O)NC2CCCCCCC2)c1N. The number of hydrogen-bond donors (Lipinski definition) is 3. The molecule has 0 bridgehead atoms. The average molecular weight is 278 g/mol. The molecule has 1 aromatic rings. The molecular formula is C15H26N4O. The molecule has 1 fully saturated rings. The normalized spacial score (nSPS) is 17.4. The van der Waals surface area contributed by atoms with Crippen LogP contribution in [-0.4, -0.2) is 22.1 Å². The molecule has 5 heteroatoms. The van der Waals surface area contributed by atoms with Crippen LogP contribution in [0.3, 0.4) is 0 Å². The molecule has 0 unspecified atom stereocenters. The highest BCUT2D eigenvalue weighted by molar-refractivity contribution is 5.97. The van der Waals surface area contributed by atoms with Gasteiger partial charge in [-0.2, -0.15) is 5.10 Å². The van der Waals surface area contributed by atoms with E-state index in [2.05, 4.69) is 22.4 Å². The van der Waals surface area contributed by atoms with Crippen LogP contribution < -0.4 is 11.1 Å². The molecule has 1 aliphatic carbocycles. The van der Waals surface area contributed by atoms with Crippen LogP contribution in [0.2, 0.25) is 0 Å². The summed E-state index contributed by atoms with van der Waals surface area (Å²) in [6.45, 7) is 2.08. The Balaban J connectivity index is 1.96. The molecule has 1 amide bonds. The molecule has 0 atom stereocenters. The van der Waals surface area contributed by atoms with Gasteiger partial charge in [-0.1, -0.05) is 45.4 Å². The smallest absolute Gasteiger partial charge is 0.274 e. The van der Waals surface area contributed by atoms with Crippen LogP contribution in [0.5, 0.6) is 0 Å². The summed E-state index contributed by atoms with van der Waals surface area (Å²) in [5.74, 6) is -0.133. The number of aryl methyl sites for hydroxylation is 1. The van der Waals surface area contributed by atoms with Crippen molar-refractivity contribution in [1.29, 1.82) is 0 Å². The molecule has 2 rings (SSSR count). The van der Waals surface area contributed by atoms with E-state index in [0.717, 1.165) is 31.4 Å². The highest BCUT2D eigenvalue weighted by atomic mass is 16.2. The van der Waals surface area contributed by atoms with Gasteiger partial charge in [0, 0.05) is 6.04 Å². The van der Waals surface area contributed by atoms with E-state index in [1.54, 1.807) is 0 Å². The quantitative estimate of drug-likeness (QED) is 0.791. The van der Waals surface area contributed by atoms with Crippen LogP contribution in [0.15, 0.2) is 0 Å². The number of anilines is 1. The summed E-state index contributed by atoms with van der Waals surface area (Å²) in [5.41, 5.74) is 7.73. The van der Waals surface area contributed by atoms with Crippen LogP contribution in [0.1, 0.15) is 74.5 Å². The maximum Gasteiger partial charge on any atom is 0.274 e. The minimum absolute atomic E-state index is 0.133. The Labute approximate surface area is 120 Å². The molecule has 0 aliphatic heterocycles. The van der Waals surface area contributed by atoms with Gasteiger partial charge in [-0.25, -0.2) is 0 Å². The van der Waals surface area contributed by atoms with E-state index in [9.17, 15) is 4.79 Å². The fraction of sp³-hybridized carbons (Fsp3) is 0.733. The third-order valence-electron chi connectivity index (χ3n) is 4.04. The third-order valence-corrected chi connectivity index (χ3v) is 4.04. The molecule has 0 aromatic carbocycles.